The Morgan fingerprint density at radius 3 is 2.70 bits per heavy atom. The van der Waals surface area contributed by atoms with Crippen LogP contribution in [0.15, 0.2) is 41.4 Å². The predicted octanol–water partition coefficient (Wildman–Crippen LogP) is 6.57. The third-order valence-electron chi connectivity index (χ3n) is 6.30. The first-order chi connectivity index (χ1) is 16.1. The molecule has 4 heterocycles. The Bertz CT molecular complexity index is 1250. The standard InChI is InChI=1S/C26H24IN3O2S/c1-16-3-5-17(6-4-16)15-32-24-21(27)11-18(12-22(24)31-2)14-29-25-20(13-28)23-19-7-9-30(10-8-19)26(23)33-25/h3-6,11-12,14,19H,7-10,15H2,1-2H3. The molecule has 6 rings (SSSR count). The van der Waals surface area contributed by atoms with Crippen LogP contribution in [0.25, 0.3) is 0 Å². The van der Waals surface area contributed by atoms with E-state index in [4.69, 9.17) is 14.5 Å². The molecule has 1 aromatic heterocycles. The highest BCUT2D eigenvalue weighted by molar-refractivity contribution is 14.1. The van der Waals surface area contributed by atoms with Gasteiger partial charge in [0, 0.05) is 24.9 Å². The maximum absolute atomic E-state index is 9.85. The van der Waals surface area contributed by atoms with Crippen LogP contribution in [0.3, 0.4) is 0 Å². The van der Waals surface area contributed by atoms with Crippen molar-refractivity contribution in [3.8, 4) is 17.6 Å². The van der Waals surface area contributed by atoms with E-state index in [1.54, 1.807) is 18.4 Å². The average molecular weight is 569 g/mol. The largest absolute Gasteiger partial charge is 0.493 e. The van der Waals surface area contributed by atoms with E-state index in [1.807, 2.05) is 18.3 Å². The van der Waals surface area contributed by atoms with E-state index in [2.05, 4.69) is 64.7 Å². The molecule has 5 nitrogen and oxygen atoms in total. The number of anilines is 1. The van der Waals surface area contributed by atoms with Crippen LogP contribution in [0.4, 0.5) is 10.0 Å². The normalized spacial score (nSPS) is 15.0. The Balaban J connectivity index is 1.39. The molecule has 3 aliphatic rings. The zero-order valence-corrected chi connectivity index (χ0v) is 21.6. The minimum Gasteiger partial charge on any atom is -0.493 e. The van der Waals surface area contributed by atoms with E-state index in [-0.39, 0.29) is 0 Å². The number of methoxy groups -OCH3 is 1. The number of nitriles is 1. The second kappa shape index (κ2) is 9.35. The summed E-state index contributed by atoms with van der Waals surface area (Å²) in [6.07, 6.45) is 4.10. The van der Waals surface area contributed by atoms with Gasteiger partial charge in [-0.15, -0.1) is 0 Å². The van der Waals surface area contributed by atoms with Crippen LogP contribution in [0, 0.1) is 21.8 Å². The summed E-state index contributed by atoms with van der Waals surface area (Å²) in [4.78, 5) is 7.15. The smallest absolute Gasteiger partial charge is 0.174 e. The molecule has 2 bridgehead atoms. The molecule has 0 spiro atoms. The molecular weight excluding hydrogens is 545 g/mol. The molecule has 0 atom stereocenters. The zero-order chi connectivity index (χ0) is 22.9. The van der Waals surface area contributed by atoms with Gasteiger partial charge in [0.15, 0.2) is 11.5 Å². The number of halogens is 1. The Hall–Kier alpha value is -2.57. The lowest BCUT2D eigenvalue weighted by Gasteiger charge is -2.39. The van der Waals surface area contributed by atoms with Gasteiger partial charge in [0.25, 0.3) is 0 Å². The highest BCUT2D eigenvalue weighted by Crippen LogP contribution is 2.52. The first-order valence-corrected chi connectivity index (χ1v) is 12.9. The quantitative estimate of drug-likeness (QED) is 0.249. The van der Waals surface area contributed by atoms with Gasteiger partial charge < -0.3 is 14.4 Å². The van der Waals surface area contributed by atoms with Gasteiger partial charge in [0.1, 0.15) is 17.7 Å². The molecule has 2 aromatic carbocycles. The lowest BCUT2D eigenvalue weighted by Crippen LogP contribution is -2.37. The van der Waals surface area contributed by atoms with Crippen molar-refractivity contribution in [3.05, 3.63) is 67.8 Å². The molecule has 0 saturated carbocycles. The molecule has 0 amide bonds. The van der Waals surface area contributed by atoms with Gasteiger partial charge in [-0.05, 0) is 71.5 Å². The summed E-state index contributed by atoms with van der Waals surface area (Å²) in [6, 6.07) is 14.7. The Morgan fingerprint density at radius 1 is 1.24 bits per heavy atom. The highest BCUT2D eigenvalue weighted by Gasteiger charge is 2.36. The molecule has 3 aliphatic heterocycles. The van der Waals surface area contributed by atoms with E-state index in [1.165, 1.54) is 16.1 Å². The van der Waals surface area contributed by atoms with Gasteiger partial charge in [-0.1, -0.05) is 41.2 Å². The fourth-order valence-corrected chi connectivity index (χ4v) is 6.55. The van der Waals surface area contributed by atoms with Crippen molar-refractivity contribution in [1.29, 1.82) is 5.26 Å². The minimum absolute atomic E-state index is 0.476. The number of fused-ring (bicyclic) bond motifs is 2. The van der Waals surface area contributed by atoms with Gasteiger partial charge in [-0.3, -0.25) is 0 Å². The lowest BCUT2D eigenvalue weighted by molar-refractivity contribution is 0.282. The maximum atomic E-state index is 9.85. The van der Waals surface area contributed by atoms with Crippen LogP contribution < -0.4 is 14.4 Å². The summed E-state index contributed by atoms with van der Waals surface area (Å²) < 4.78 is 12.7. The fourth-order valence-electron chi connectivity index (χ4n) is 4.53. The summed E-state index contributed by atoms with van der Waals surface area (Å²) in [6.45, 7) is 4.73. The number of aliphatic imine (C=N–C) groups is 1. The number of hydrogen-bond donors (Lipinski definition) is 0. The Kier molecular flexibility index (Phi) is 6.30. The number of hydrogen-bond acceptors (Lipinski definition) is 6. The van der Waals surface area contributed by atoms with Crippen molar-refractivity contribution in [2.75, 3.05) is 25.1 Å². The highest BCUT2D eigenvalue weighted by atomic mass is 127. The lowest BCUT2D eigenvalue weighted by atomic mass is 9.84. The molecule has 0 N–H and O–H groups in total. The molecule has 33 heavy (non-hydrogen) atoms. The van der Waals surface area contributed by atoms with Gasteiger partial charge in [0.05, 0.1) is 21.2 Å². The van der Waals surface area contributed by atoms with Crippen LogP contribution in [0.2, 0.25) is 0 Å². The van der Waals surface area contributed by atoms with Crippen LogP contribution in [0.1, 0.15) is 46.6 Å². The van der Waals surface area contributed by atoms with Crippen molar-refractivity contribution in [2.45, 2.75) is 32.3 Å². The number of ether oxygens (including phenoxy) is 2. The molecule has 0 aliphatic carbocycles. The maximum Gasteiger partial charge on any atom is 0.174 e. The van der Waals surface area contributed by atoms with Crippen LogP contribution in [0.5, 0.6) is 11.5 Å². The second-order valence-electron chi connectivity index (χ2n) is 8.44. The van der Waals surface area contributed by atoms with Crippen molar-refractivity contribution in [1.82, 2.24) is 0 Å². The topological polar surface area (TPSA) is 57.8 Å². The van der Waals surface area contributed by atoms with Crippen molar-refractivity contribution < 1.29 is 9.47 Å². The minimum atomic E-state index is 0.476. The van der Waals surface area contributed by atoms with Crippen LogP contribution in [-0.2, 0) is 6.61 Å². The van der Waals surface area contributed by atoms with E-state index in [0.29, 0.717) is 18.3 Å². The molecule has 0 radical (unpaired) electrons. The molecule has 3 aromatic rings. The number of aryl methyl sites for hydroxylation is 1. The first kappa shape index (κ1) is 22.2. The van der Waals surface area contributed by atoms with Crippen LogP contribution >= 0.6 is 33.9 Å². The van der Waals surface area contributed by atoms with E-state index >= 15 is 0 Å². The molecule has 168 valence electrons. The molecule has 1 saturated heterocycles. The Morgan fingerprint density at radius 2 is 2.00 bits per heavy atom. The first-order valence-electron chi connectivity index (χ1n) is 11.0. The fraction of sp³-hybridized carbons (Fsp3) is 0.308. The number of piperidine rings is 1. The van der Waals surface area contributed by atoms with E-state index in [0.717, 1.165) is 56.9 Å². The SMILES string of the molecule is COc1cc(C=Nc2sc3c(c2C#N)C2CCN3CC2)cc(I)c1OCc1ccc(C)cc1. The number of thiophene rings is 1. The van der Waals surface area contributed by atoms with Crippen LogP contribution in [-0.4, -0.2) is 26.4 Å². The monoisotopic (exact) mass is 569 g/mol. The average Bonchev–Trinajstić information content (AvgIpc) is 3.24. The van der Waals surface area contributed by atoms with Gasteiger partial charge in [-0.25, -0.2) is 4.99 Å². The molecule has 0 unspecified atom stereocenters. The third-order valence-corrected chi connectivity index (χ3v) is 8.27. The summed E-state index contributed by atoms with van der Waals surface area (Å²) in [5.74, 6) is 1.90. The summed E-state index contributed by atoms with van der Waals surface area (Å²) >= 11 is 3.91. The predicted molar refractivity (Wildman–Crippen MR) is 142 cm³/mol. The summed E-state index contributed by atoms with van der Waals surface area (Å²) in [5.41, 5.74) is 5.22. The van der Waals surface area contributed by atoms with Gasteiger partial charge in [0.2, 0.25) is 0 Å². The van der Waals surface area contributed by atoms with Gasteiger partial charge >= 0.3 is 0 Å². The molecular formula is C26H24IN3O2S. The second-order valence-corrected chi connectivity index (χ2v) is 10.6. The van der Waals surface area contributed by atoms with E-state index < -0.39 is 0 Å². The number of nitrogens with zero attached hydrogens (tertiary/aromatic N) is 3. The third kappa shape index (κ3) is 4.34. The molecule has 7 heteroatoms. The van der Waals surface area contributed by atoms with E-state index in [9.17, 15) is 5.26 Å². The number of benzene rings is 2. The summed E-state index contributed by atoms with van der Waals surface area (Å²) in [7, 11) is 1.65. The van der Waals surface area contributed by atoms with Gasteiger partial charge in [-0.2, -0.15) is 5.26 Å². The van der Waals surface area contributed by atoms with Crippen molar-refractivity contribution >= 4 is 50.1 Å². The number of rotatable bonds is 6. The van der Waals surface area contributed by atoms with Crippen molar-refractivity contribution in [2.24, 2.45) is 4.99 Å². The summed E-state index contributed by atoms with van der Waals surface area (Å²) in [5, 5.41) is 11.9. The Labute approximate surface area is 211 Å². The van der Waals surface area contributed by atoms with Crippen molar-refractivity contribution in [3.63, 3.8) is 0 Å². The zero-order valence-electron chi connectivity index (χ0n) is 18.6. The molecule has 1 fully saturated rings.